The molecule has 0 N–H and O–H groups in total. The van der Waals surface area contributed by atoms with Crippen LogP contribution in [0.2, 0.25) is 0 Å². The van der Waals surface area contributed by atoms with Crippen LogP contribution in [0.5, 0.6) is 11.5 Å². The summed E-state index contributed by atoms with van der Waals surface area (Å²) >= 11 is 1.68. The second-order valence-corrected chi connectivity index (χ2v) is 11.1. The molecule has 192 valence electrons. The van der Waals surface area contributed by atoms with Crippen molar-refractivity contribution in [1.82, 2.24) is 9.80 Å². The number of methoxy groups -OCH3 is 2. The maximum atomic E-state index is 13.8. The molecule has 3 aromatic rings. The summed E-state index contributed by atoms with van der Waals surface area (Å²) in [5.41, 5.74) is -0.0632. The number of thiophene rings is 1. The zero-order chi connectivity index (χ0) is 25.9. The molecule has 1 unspecified atom stereocenters. The Kier molecular flexibility index (Phi) is 7.73. The predicted octanol–water partition coefficient (Wildman–Crippen LogP) is 5.96. The molecule has 1 fully saturated rings. The first-order valence-corrected chi connectivity index (χ1v) is 13.0. The van der Waals surface area contributed by atoms with Crippen molar-refractivity contribution < 1.29 is 23.8 Å². The van der Waals surface area contributed by atoms with Crippen LogP contribution in [-0.2, 0) is 11.3 Å². The Morgan fingerprint density at radius 3 is 2.50 bits per heavy atom. The van der Waals surface area contributed by atoms with Crippen LogP contribution in [0.3, 0.4) is 0 Å². The van der Waals surface area contributed by atoms with Crippen molar-refractivity contribution in [3.8, 4) is 11.5 Å². The Balaban J connectivity index is 1.62. The number of carbonyl (C=O) groups is 2. The lowest BCUT2D eigenvalue weighted by Crippen LogP contribution is -2.46. The summed E-state index contributed by atoms with van der Waals surface area (Å²) in [6, 6.07) is 15.4. The molecule has 7 nitrogen and oxygen atoms in total. The molecule has 1 saturated heterocycles. The Hall–Kier alpha value is -3.26. The van der Waals surface area contributed by atoms with Crippen LogP contribution in [-0.4, -0.2) is 60.8 Å². The average Bonchev–Trinajstić information content (AvgIpc) is 3.48. The summed E-state index contributed by atoms with van der Waals surface area (Å²) in [5.74, 6) is 0.947. The number of hydrogen-bond acceptors (Lipinski definition) is 6. The second-order valence-electron chi connectivity index (χ2n) is 9.98. The third-order valence-corrected chi connectivity index (χ3v) is 7.28. The molecule has 36 heavy (non-hydrogen) atoms. The van der Waals surface area contributed by atoms with Gasteiger partial charge in [-0.2, -0.15) is 0 Å². The van der Waals surface area contributed by atoms with Crippen LogP contribution in [0, 0.1) is 0 Å². The summed E-state index contributed by atoms with van der Waals surface area (Å²) in [5, 5.41) is 1.16. The van der Waals surface area contributed by atoms with E-state index in [0.29, 0.717) is 36.7 Å². The molecule has 0 bridgehead atoms. The van der Waals surface area contributed by atoms with Gasteiger partial charge >= 0.3 is 6.09 Å². The highest BCUT2D eigenvalue weighted by Gasteiger charge is 2.34. The van der Waals surface area contributed by atoms with Crippen LogP contribution in [0.1, 0.15) is 48.8 Å². The number of carbonyl (C=O) groups excluding carboxylic acids is 2. The van der Waals surface area contributed by atoms with Gasteiger partial charge < -0.3 is 24.0 Å². The van der Waals surface area contributed by atoms with Crippen LogP contribution in [0.4, 0.5) is 4.79 Å². The number of likely N-dealkylation sites (tertiary alicyclic amines) is 1. The van der Waals surface area contributed by atoms with Crippen molar-refractivity contribution in [3.63, 3.8) is 0 Å². The minimum absolute atomic E-state index is 0.113. The highest BCUT2D eigenvalue weighted by Crippen LogP contribution is 2.31. The van der Waals surface area contributed by atoms with E-state index in [0.717, 1.165) is 23.1 Å². The van der Waals surface area contributed by atoms with Gasteiger partial charge in [-0.15, -0.1) is 11.3 Å². The second kappa shape index (κ2) is 10.8. The lowest BCUT2D eigenvalue weighted by molar-refractivity contribution is 0.0189. The molecule has 1 aliphatic rings. The molecular weight excluding hydrogens is 476 g/mol. The van der Waals surface area contributed by atoms with Gasteiger partial charge in [0, 0.05) is 28.2 Å². The maximum absolute atomic E-state index is 13.8. The Morgan fingerprint density at radius 2 is 1.81 bits per heavy atom. The largest absolute Gasteiger partial charge is 0.493 e. The normalized spacial score (nSPS) is 15.7. The molecule has 8 heteroatoms. The first-order valence-electron chi connectivity index (χ1n) is 12.2. The first kappa shape index (κ1) is 25.8. The van der Waals surface area contributed by atoms with E-state index >= 15 is 0 Å². The van der Waals surface area contributed by atoms with E-state index in [1.165, 1.54) is 4.70 Å². The maximum Gasteiger partial charge on any atom is 0.410 e. The van der Waals surface area contributed by atoms with E-state index in [-0.39, 0.29) is 18.0 Å². The molecule has 2 aromatic carbocycles. The predicted molar refractivity (Wildman–Crippen MR) is 142 cm³/mol. The fourth-order valence-electron chi connectivity index (χ4n) is 4.51. The number of amides is 2. The zero-order valence-electron chi connectivity index (χ0n) is 21.6. The van der Waals surface area contributed by atoms with Gasteiger partial charge in [0.05, 0.1) is 26.8 Å². The molecule has 1 atom stereocenters. The van der Waals surface area contributed by atoms with Gasteiger partial charge in [0.15, 0.2) is 11.5 Å². The van der Waals surface area contributed by atoms with Crippen LogP contribution in [0.25, 0.3) is 10.1 Å². The summed E-state index contributed by atoms with van der Waals surface area (Å²) < 4.78 is 17.6. The third kappa shape index (κ3) is 5.93. The van der Waals surface area contributed by atoms with Gasteiger partial charge in [0.1, 0.15) is 5.60 Å². The lowest BCUT2D eigenvalue weighted by atomic mass is 10.1. The third-order valence-electron chi connectivity index (χ3n) is 6.18. The summed E-state index contributed by atoms with van der Waals surface area (Å²) in [6.45, 7) is 7.09. The molecule has 0 radical (unpaired) electrons. The first-order chi connectivity index (χ1) is 17.2. The Labute approximate surface area is 216 Å². The Bertz CT molecular complexity index is 1200. The van der Waals surface area contributed by atoms with Crippen molar-refractivity contribution in [2.45, 2.75) is 51.8 Å². The van der Waals surface area contributed by atoms with E-state index in [4.69, 9.17) is 14.2 Å². The Morgan fingerprint density at radius 1 is 1.06 bits per heavy atom. The van der Waals surface area contributed by atoms with Gasteiger partial charge in [-0.1, -0.05) is 18.2 Å². The molecule has 4 rings (SSSR count). The van der Waals surface area contributed by atoms with E-state index in [1.54, 1.807) is 48.7 Å². The fraction of sp³-hybridized carbons (Fsp3) is 0.429. The smallest absolute Gasteiger partial charge is 0.410 e. The monoisotopic (exact) mass is 510 g/mol. The highest BCUT2D eigenvalue weighted by molar-refractivity contribution is 7.19. The number of ether oxygens (including phenoxy) is 3. The van der Waals surface area contributed by atoms with E-state index in [2.05, 4.69) is 18.2 Å². The summed E-state index contributed by atoms with van der Waals surface area (Å²) in [6.07, 6.45) is 1.37. The summed E-state index contributed by atoms with van der Waals surface area (Å²) in [4.78, 5) is 31.4. The van der Waals surface area contributed by atoms with Gasteiger partial charge in [-0.3, -0.25) is 4.79 Å². The van der Waals surface area contributed by atoms with Crippen LogP contribution in [0.15, 0.2) is 48.5 Å². The molecule has 0 aliphatic carbocycles. The van der Waals surface area contributed by atoms with Gasteiger partial charge in [0.2, 0.25) is 0 Å². The molecule has 2 heterocycles. The van der Waals surface area contributed by atoms with Crippen LogP contribution < -0.4 is 9.47 Å². The minimum Gasteiger partial charge on any atom is -0.493 e. The van der Waals surface area contributed by atoms with Gasteiger partial charge in [-0.05, 0) is 69.3 Å². The SMILES string of the molecule is COc1ccc(C(=O)N(Cc2cc3ccccc3s2)CC2CCCN2C(=O)OC(C)(C)C)cc1OC. The molecule has 0 saturated carbocycles. The minimum atomic E-state index is -0.573. The summed E-state index contributed by atoms with van der Waals surface area (Å²) in [7, 11) is 3.12. The quantitative estimate of drug-likeness (QED) is 0.392. The number of nitrogens with zero attached hydrogens (tertiary/aromatic N) is 2. The lowest BCUT2D eigenvalue weighted by Gasteiger charge is -2.32. The average molecular weight is 511 g/mol. The van der Waals surface area contributed by atoms with Crippen molar-refractivity contribution in [3.05, 3.63) is 59.0 Å². The van der Waals surface area contributed by atoms with Crippen molar-refractivity contribution >= 4 is 33.4 Å². The molecular formula is C28H34N2O5S. The zero-order valence-corrected chi connectivity index (χ0v) is 22.4. The number of benzene rings is 2. The number of hydrogen-bond donors (Lipinski definition) is 0. The van der Waals surface area contributed by atoms with Crippen molar-refractivity contribution in [2.75, 3.05) is 27.3 Å². The van der Waals surface area contributed by atoms with E-state index in [1.807, 2.05) is 37.8 Å². The molecule has 0 spiro atoms. The highest BCUT2D eigenvalue weighted by atomic mass is 32.1. The standard InChI is InChI=1S/C28H34N2O5S/c1-28(2,3)35-27(32)30-14-8-10-21(30)17-29(18-22-15-19-9-6-7-11-25(19)36-22)26(31)20-12-13-23(33-4)24(16-20)34-5/h6-7,9,11-13,15-16,21H,8,10,14,17-18H2,1-5H3. The van der Waals surface area contributed by atoms with E-state index in [9.17, 15) is 9.59 Å². The van der Waals surface area contributed by atoms with Gasteiger partial charge in [0.25, 0.3) is 5.91 Å². The molecule has 1 aliphatic heterocycles. The number of rotatable bonds is 7. The molecule has 1 aromatic heterocycles. The van der Waals surface area contributed by atoms with Crippen LogP contribution >= 0.6 is 11.3 Å². The van der Waals surface area contributed by atoms with Crippen molar-refractivity contribution in [2.24, 2.45) is 0 Å². The topological polar surface area (TPSA) is 68.3 Å². The fourth-order valence-corrected chi connectivity index (χ4v) is 5.59. The van der Waals surface area contributed by atoms with Crippen molar-refractivity contribution in [1.29, 1.82) is 0 Å². The molecule has 2 amide bonds. The number of fused-ring (bicyclic) bond motifs is 1. The van der Waals surface area contributed by atoms with E-state index < -0.39 is 5.60 Å². The van der Waals surface area contributed by atoms with Gasteiger partial charge in [-0.25, -0.2) is 4.79 Å².